The topological polar surface area (TPSA) is 0 Å². The summed E-state index contributed by atoms with van der Waals surface area (Å²) in [5.41, 5.74) is 9.55. The number of rotatable bonds is 2. The number of hydrogen-bond donors (Lipinski definition) is 0. The highest BCUT2D eigenvalue weighted by Crippen LogP contribution is 2.74. The third-order valence-electron chi connectivity index (χ3n) is 12.5. The van der Waals surface area contributed by atoms with Crippen LogP contribution in [0.4, 0.5) is 0 Å². The van der Waals surface area contributed by atoms with Gasteiger partial charge in [-0.15, -0.1) is 0 Å². The van der Waals surface area contributed by atoms with Gasteiger partial charge in [0.2, 0.25) is 0 Å². The number of fused-ring (bicyclic) bond motifs is 4. The van der Waals surface area contributed by atoms with Gasteiger partial charge in [-0.3, -0.25) is 0 Å². The maximum absolute atomic E-state index is 2.75. The van der Waals surface area contributed by atoms with Crippen molar-refractivity contribution in [2.75, 3.05) is 12.5 Å². The second kappa shape index (κ2) is 9.40. The quantitative estimate of drug-likeness (QED) is 0.351. The van der Waals surface area contributed by atoms with E-state index in [0.717, 1.165) is 52.6 Å². The molecule has 216 valence electrons. The Kier molecular flexibility index (Phi) is 7.06. The van der Waals surface area contributed by atoms with Crippen LogP contribution in [0.25, 0.3) is 11.1 Å². The molecule has 2 saturated carbocycles. The van der Waals surface area contributed by atoms with Crippen molar-refractivity contribution in [1.82, 2.24) is 0 Å². The lowest BCUT2D eigenvalue weighted by atomic mass is 9.58. The third-order valence-corrected chi connectivity index (χ3v) is 16.3. The summed E-state index contributed by atoms with van der Waals surface area (Å²) in [6.07, 6.45) is 5.50. The average molecular weight is 547 g/mol. The van der Waals surface area contributed by atoms with Gasteiger partial charge in [0.15, 0.2) is 0 Å². The summed E-state index contributed by atoms with van der Waals surface area (Å²) in [6.45, 7) is 29.9. The first-order valence-corrected chi connectivity index (χ1v) is 18.5. The molecule has 0 saturated heterocycles. The van der Waals surface area contributed by atoms with Crippen LogP contribution in [0.3, 0.4) is 0 Å². The normalized spacial score (nSPS) is 35.5. The lowest BCUT2D eigenvalue weighted by Crippen LogP contribution is -2.45. The van der Waals surface area contributed by atoms with E-state index >= 15 is 0 Å². The van der Waals surface area contributed by atoms with Gasteiger partial charge in [-0.25, -0.2) is 10.0 Å². The molecule has 9 unspecified atom stereocenters. The van der Waals surface area contributed by atoms with Crippen LogP contribution in [0.15, 0.2) is 36.4 Å². The molecule has 2 aromatic carbocycles. The van der Waals surface area contributed by atoms with E-state index in [-0.39, 0.29) is 10.8 Å². The van der Waals surface area contributed by atoms with Gasteiger partial charge in [0.05, 0.1) is 0 Å². The van der Waals surface area contributed by atoms with Crippen molar-refractivity contribution in [1.29, 1.82) is 0 Å². The van der Waals surface area contributed by atoms with Crippen molar-refractivity contribution in [2.45, 2.75) is 104 Å². The predicted octanol–water partition coefficient (Wildman–Crippen LogP) is 10.9. The van der Waals surface area contributed by atoms with Crippen LogP contribution in [-0.2, 0) is 10.8 Å². The molecule has 0 heterocycles. The first kappa shape index (κ1) is 29.3. The smallest absolute Gasteiger partial charge is 0.0402 e. The van der Waals surface area contributed by atoms with E-state index in [2.05, 4.69) is 132 Å². The Morgan fingerprint density at radius 2 is 0.897 bits per heavy atom. The van der Waals surface area contributed by atoms with Gasteiger partial charge in [-0.1, -0.05) is 119 Å². The fourth-order valence-corrected chi connectivity index (χ4v) is 14.2. The molecular formula is C38H58S. The highest BCUT2D eigenvalue weighted by atomic mass is 32.3. The van der Waals surface area contributed by atoms with E-state index in [1.54, 1.807) is 11.1 Å². The minimum Gasteiger partial charge on any atom is -0.233 e. The van der Waals surface area contributed by atoms with Gasteiger partial charge in [0.25, 0.3) is 0 Å². The molecule has 2 aromatic rings. The van der Waals surface area contributed by atoms with Crippen LogP contribution in [0.5, 0.6) is 0 Å². The van der Waals surface area contributed by atoms with Crippen LogP contribution >= 0.6 is 10.0 Å². The summed E-state index contributed by atoms with van der Waals surface area (Å²) in [5.74, 6) is 6.53. The molecule has 2 fully saturated rings. The number of hydrogen-bond acceptors (Lipinski definition) is 0. The zero-order valence-electron chi connectivity index (χ0n) is 27.6. The molecule has 3 aliphatic rings. The van der Waals surface area contributed by atoms with Crippen LogP contribution < -0.4 is 0 Å². The summed E-state index contributed by atoms with van der Waals surface area (Å²) in [4.78, 5) is 0. The first-order valence-electron chi connectivity index (χ1n) is 15.9. The SMILES string of the molecule is CC1C(C)C(C)C2C(C1C)C(C)C(C)C2S(C)(C)C1c2cc(C(C)(C)C)ccc2-c2ccc(C(C)(C)C)cc21. The van der Waals surface area contributed by atoms with Crippen LogP contribution in [0, 0.1) is 47.3 Å². The molecule has 0 aromatic heterocycles. The molecule has 39 heavy (non-hydrogen) atoms. The fourth-order valence-electron chi connectivity index (χ4n) is 9.63. The Hall–Kier alpha value is -1.21. The molecule has 0 nitrogen and oxygen atoms in total. The molecule has 0 N–H and O–H groups in total. The Balaban J connectivity index is 1.72. The van der Waals surface area contributed by atoms with Crippen molar-refractivity contribution < 1.29 is 0 Å². The molecule has 0 bridgehead atoms. The van der Waals surface area contributed by atoms with Gasteiger partial charge in [0.1, 0.15) is 0 Å². The van der Waals surface area contributed by atoms with Crippen molar-refractivity contribution in [3.8, 4) is 11.1 Å². The Labute approximate surface area is 243 Å². The van der Waals surface area contributed by atoms with E-state index in [1.165, 1.54) is 22.3 Å². The van der Waals surface area contributed by atoms with E-state index in [9.17, 15) is 0 Å². The van der Waals surface area contributed by atoms with Crippen LogP contribution in [0.1, 0.15) is 111 Å². The highest BCUT2D eigenvalue weighted by Gasteiger charge is 2.59. The lowest BCUT2D eigenvalue weighted by Gasteiger charge is -2.54. The molecule has 0 spiro atoms. The van der Waals surface area contributed by atoms with Crippen molar-refractivity contribution in [3.63, 3.8) is 0 Å². The monoisotopic (exact) mass is 546 g/mol. The number of benzene rings is 2. The van der Waals surface area contributed by atoms with Gasteiger partial charge in [-0.05, 0) is 109 Å². The summed E-state index contributed by atoms with van der Waals surface area (Å²) >= 11 is 0. The summed E-state index contributed by atoms with van der Waals surface area (Å²) in [7, 11) is -1.04. The van der Waals surface area contributed by atoms with Gasteiger partial charge in [0, 0.05) is 5.25 Å². The molecule has 9 atom stereocenters. The zero-order chi connectivity index (χ0) is 29.0. The molecule has 0 amide bonds. The molecule has 0 radical (unpaired) electrons. The largest absolute Gasteiger partial charge is 0.233 e. The maximum Gasteiger partial charge on any atom is 0.0402 e. The molecule has 3 aliphatic carbocycles. The van der Waals surface area contributed by atoms with Crippen molar-refractivity contribution in [3.05, 3.63) is 58.7 Å². The minimum absolute atomic E-state index is 0.156. The highest BCUT2D eigenvalue weighted by molar-refractivity contribution is 8.33. The van der Waals surface area contributed by atoms with Crippen molar-refractivity contribution >= 4 is 10.0 Å². The third kappa shape index (κ3) is 4.38. The van der Waals surface area contributed by atoms with Gasteiger partial charge in [-0.2, -0.15) is 0 Å². The maximum atomic E-state index is 2.75. The van der Waals surface area contributed by atoms with E-state index in [4.69, 9.17) is 0 Å². The van der Waals surface area contributed by atoms with Gasteiger partial charge < -0.3 is 0 Å². The fraction of sp³-hybridized carbons (Fsp3) is 0.684. The second-order valence-electron chi connectivity index (χ2n) is 16.7. The summed E-state index contributed by atoms with van der Waals surface area (Å²) in [5, 5.41) is 1.31. The van der Waals surface area contributed by atoms with Crippen molar-refractivity contribution in [2.24, 2.45) is 47.3 Å². The van der Waals surface area contributed by atoms with E-state index in [1.807, 2.05) is 0 Å². The summed E-state index contributed by atoms with van der Waals surface area (Å²) < 4.78 is 0. The van der Waals surface area contributed by atoms with E-state index in [0.29, 0.717) is 5.25 Å². The zero-order valence-corrected chi connectivity index (χ0v) is 28.5. The molecular weight excluding hydrogens is 488 g/mol. The molecule has 5 rings (SSSR count). The summed E-state index contributed by atoms with van der Waals surface area (Å²) in [6, 6.07) is 15.0. The average Bonchev–Trinajstić information content (AvgIpc) is 3.32. The predicted molar refractivity (Wildman–Crippen MR) is 176 cm³/mol. The second-order valence-corrected chi connectivity index (χ2v) is 20.7. The molecule has 1 heteroatoms. The standard InChI is InChI=1S/C38H58S/c1-21-22(2)24(4)34-33(23(21)3)25(5)26(6)35(34)39(13,14)36-31-19-27(37(7,8)9)15-17-29(31)30-18-16-28(20-32(30)36)38(10,11)12/h15-26,33-36H,1-14H3. The Bertz CT molecular complexity index is 1170. The Morgan fingerprint density at radius 1 is 0.513 bits per heavy atom. The van der Waals surface area contributed by atoms with E-state index < -0.39 is 10.0 Å². The van der Waals surface area contributed by atoms with Crippen LogP contribution in [0.2, 0.25) is 0 Å². The minimum atomic E-state index is -1.04. The molecule has 0 aliphatic heterocycles. The lowest BCUT2D eigenvalue weighted by molar-refractivity contribution is 0.0153. The Morgan fingerprint density at radius 3 is 1.31 bits per heavy atom. The van der Waals surface area contributed by atoms with Crippen LogP contribution in [-0.4, -0.2) is 17.8 Å². The van der Waals surface area contributed by atoms with Gasteiger partial charge >= 0.3 is 0 Å². The first-order chi connectivity index (χ1) is 17.9.